The number of amides is 1. The summed E-state index contributed by atoms with van der Waals surface area (Å²) in [4.78, 5) is 19.1. The highest BCUT2D eigenvalue weighted by Crippen LogP contribution is 2.51. The zero-order valence-electron chi connectivity index (χ0n) is 18.2. The van der Waals surface area contributed by atoms with Gasteiger partial charge in [-0.1, -0.05) is 0 Å². The van der Waals surface area contributed by atoms with E-state index in [2.05, 4.69) is 9.80 Å². The number of piperidine rings is 1. The molecular weight excluding hydrogens is 370 g/mol. The van der Waals surface area contributed by atoms with E-state index in [-0.39, 0.29) is 6.09 Å². The predicted octanol–water partition coefficient (Wildman–Crippen LogP) is 2.14. The lowest BCUT2D eigenvalue weighted by molar-refractivity contribution is -0.0964. The normalized spacial score (nSPS) is 35.2. The number of aliphatic hydroxyl groups excluding tert-OH is 1. The van der Waals surface area contributed by atoms with E-state index in [4.69, 9.17) is 9.47 Å². The van der Waals surface area contributed by atoms with Crippen LogP contribution in [0.25, 0.3) is 0 Å². The number of likely N-dealkylation sites (tertiary alicyclic amines) is 3. The van der Waals surface area contributed by atoms with Gasteiger partial charge in [0.1, 0.15) is 0 Å². The lowest BCUT2D eigenvalue weighted by Crippen LogP contribution is -2.55. The Kier molecular flexibility index (Phi) is 6.69. The summed E-state index contributed by atoms with van der Waals surface area (Å²) in [5.74, 6) is 0.748. The van der Waals surface area contributed by atoms with E-state index in [9.17, 15) is 9.90 Å². The molecule has 0 aromatic heterocycles. The highest BCUT2D eigenvalue weighted by Gasteiger charge is 2.51. The van der Waals surface area contributed by atoms with Crippen molar-refractivity contribution in [1.29, 1.82) is 0 Å². The van der Waals surface area contributed by atoms with E-state index in [1.807, 2.05) is 11.8 Å². The summed E-state index contributed by atoms with van der Waals surface area (Å²) in [5, 5.41) is 9.87. The molecule has 3 saturated heterocycles. The van der Waals surface area contributed by atoms with Crippen LogP contribution in [-0.4, -0.2) is 97.3 Å². The van der Waals surface area contributed by atoms with Gasteiger partial charge in [0.05, 0.1) is 6.61 Å². The van der Waals surface area contributed by atoms with Crippen LogP contribution in [0.1, 0.15) is 51.9 Å². The lowest BCUT2D eigenvalue weighted by atomic mass is 9.64. The summed E-state index contributed by atoms with van der Waals surface area (Å²) in [6, 6.07) is 1.32. The van der Waals surface area contributed by atoms with Gasteiger partial charge >= 0.3 is 6.09 Å². The number of ether oxygens (including phenoxy) is 2. The fraction of sp³-hybridized carbons (Fsp3) is 0.955. The maximum Gasteiger partial charge on any atom is 0.409 e. The molecule has 0 radical (unpaired) electrons. The summed E-state index contributed by atoms with van der Waals surface area (Å²) < 4.78 is 10.3. The van der Waals surface area contributed by atoms with Crippen molar-refractivity contribution in [2.24, 2.45) is 11.3 Å². The standard InChI is InChI=1S/C22H39N3O4/c1-3-29-21(27)25-12-8-22(16-25)13-18(14-22)23-10-6-17(7-11-23)19-5-4-9-24(19)15-20(26)28-2/h17-20,26H,3-16H2,1-2H3/t18?,19-,20?,22?/m0/s1. The first kappa shape index (κ1) is 21.3. The molecule has 1 N–H and O–H groups in total. The van der Waals surface area contributed by atoms with Gasteiger partial charge in [-0.3, -0.25) is 4.90 Å². The Morgan fingerprint density at radius 2 is 1.93 bits per heavy atom. The van der Waals surface area contributed by atoms with E-state index in [1.54, 1.807) is 7.11 Å². The van der Waals surface area contributed by atoms with Crippen LogP contribution < -0.4 is 0 Å². The van der Waals surface area contributed by atoms with Gasteiger partial charge in [-0.15, -0.1) is 0 Å². The number of hydrogen-bond donors (Lipinski definition) is 1. The summed E-state index contributed by atoms with van der Waals surface area (Å²) in [6.07, 6.45) is 7.85. The maximum absolute atomic E-state index is 12.0. The topological polar surface area (TPSA) is 65.5 Å². The SMILES string of the molecule is CCOC(=O)N1CCC2(CC(N3CCC([C@@H]4CCCN4CC(O)OC)CC3)C2)C1. The smallest absolute Gasteiger partial charge is 0.409 e. The van der Waals surface area contributed by atoms with E-state index in [0.29, 0.717) is 30.7 Å². The number of β-amino-alcohol motifs (C(OH)–C–C–N with tert-alkyl or cyclic N) is 1. The minimum atomic E-state index is -0.664. The molecular formula is C22H39N3O4. The molecule has 0 bridgehead atoms. The molecule has 1 aliphatic carbocycles. The average molecular weight is 410 g/mol. The third kappa shape index (κ3) is 4.58. The molecule has 1 amide bonds. The number of nitrogens with zero attached hydrogens (tertiary/aromatic N) is 3. The Hall–Kier alpha value is -0.890. The molecule has 1 spiro atoms. The van der Waals surface area contributed by atoms with Crippen LogP contribution in [0.15, 0.2) is 0 Å². The molecule has 3 heterocycles. The van der Waals surface area contributed by atoms with Gasteiger partial charge in [-0.2, -0.15) is 0 Å². The second kappa shape index (κ2) is 9.08. The molecule has 4 fully saturated rings. The highest BCUT2D eigenvalue weighted by atomic mass is 16.6. The maximum atomic E-state index is 12.0. The second-order valence-corrected chi connectivity index (χ2v) is 9.70. The number of carbonyl (C=O) groups is 1. The van der Waals surface area contributed by atoms with Crippen LogP contribution in [0.3, 0.4) is 0 Å². The van der Waals surface area contributed by atoms with Crippen LogP contribution >= 0.6 is 0 Å². The highest BCUT2D eigenvalue weighted by molar-refractivity contribution is 5.68. The Morgan fingerprint density at radius 1 is 1.17 bits per heavy atom. The van der Waals surface area contributed by atoms with Crippen molar-refractivity contribution in [3.05, 3.63) is 0 Å². The van der Waals surface area contributed by atoms with Crippen molar-refractivity contribution < 1.29 is 19.4 Å². The molecule has 2 atom stereocenters. The number of aliphatic hydroxyl groups is 1. The van der Waals surface area contributed by atoms with Gasteiger partial charge in [-0.25, -0.2) is 4.79 Å². The first-order valence-corrected chi connectivity index (χ1v) is 11.6. The van der Waals surface area contributed by atoms with E-state index >= 15 is 0 Å². The van der Waals surface area contributed by atoms with Crippen molar-refractivity contribution in [2.45, 2.75) is 70.2 Å². The van der Waals surface area contributed by atoms with Gasteiger partial charge in [0.25, 0.3) is 0 Å². The summed E-state index contributed by atoms with van der Waals surface area (Å²) >= 11 is 0. The van der Waals surface area contributed by atoms with Crippen molar-refractivity contribution in [1.82, 2.24) is 14.7 Å². The van der Waals surface area contributed by atoms with E-state index < -0.39 is 6.29 Å². The monoisotopic (exact) mass is 409 g/mol. The summed E-state index contributed by atoms with van der Waals surface area (Å²) in [5.41, 5.74) is 0.354. The van der Waals surface area contributed by atoms with E-state index in [1.165, 1.54) is 51.6 Å². The molecule has 0 aromatic carbocycles. The second-order valence-electron chi connectivity index (χ2n) is 9.70. The van der Waals surface area contributed by atoms with Gasteiger partial charge < -0.3 is 24.4 Å². The lowest BCUT2D eigenvalue weighted by Gasteiger charge is -2.52. The van der Waals surface area contributed by atoms with Gasteiger partial charge in [0.2, 0.25) is 0 Å². The third-order valence-electron chi connectivity index (χ3n) is 8.01. The van der Waals surface area contributed by atoms with Crippen molar-refractivity contribution in [2.75, 3.05) is 53.0 Å². The quantitative estimate of drug-likeness (QED) is 0.678. The Balaban J connectivity index is 1.21. The van der Waals surface area contributed by atoms with Gasteiger partial charge in [0, 0.05) is 38.8 Å². The van der Waals surface area contributed by atoms with Gasteiger partial charge in [0.15, 0.2) is 6.29 Å². The van der Waals surface area contributed by atoms with E-state index in [0.717, 1.165) is 32.0 Å². The molecule has 7 nitrogen and oxygen atoms in total. The summed E-state index contributed by atoms with van der Waals surface area (Å²) in [6.45, 7) is 8.21. The largest absolute Gasteiger partial charge is 0.450 e. The average Bonchev–Trinajstić information content (AvgIpc) is 3.34. The minimum Gasteiger partial charge on any atom is -0.450 e. The van der Waals surface area contributed by atoms with Crippen LogP contribution in [-0.2, 0) is 9.47 Å². The van der Waals surface area contributed by atoms with Crippen LogP contribution in [0, 0.1) is 11.3 Å². The number of carbonyl (C=O) groups excluding carboxylic acids is 1. The first-order chi connectivity index (χ1) is 14.0. The predicted molar refractivity (Wildman–Crippen MR) is 111 cm³/mol. The van der Waals surface area contributed by atoms with Crippen LogP contribution in [0.5, 0.6) is 0 Å². The third-order valence-corrected chi connectivity index (χ3v) is 8.01. The molecule has 7 heteroatoms. The number of methoxy groups -OCH3 is 1. The first-order valence-electron chi connectivity index (χ1n) is 11.6. The molecule has 29 heavy (non-hydrogen) atoms. The Morgan fingerprint density at radius 3 is 2.62 bits per heavy atom. The molecule has 4 rings (SSSR count). The van der Waals surface area contributed by atoms with Crippen molar-refractivity contribution in [3.63, 3.8) is 0 Å². The minimum absolute atomic E-state index is 0.131. The van der Waals surface area contributed by atoms with Crippen LogP contribution in [0.4, 0.5) is 4.79 Å². The Labute approximate surface area is 175 Å². The molecule has 3 aliphatic heterocycles. The fourth-order valence-corrected chi connectivity index (χ4v) is 6.39. The molecule has 0 aromatic rings. The molecule has 1 saturated carbocycles. The molecule has 1 unspecified atom stereocenters. The van der Waals surface area contributed by atoms with Crippen molar-refractivity contribution in [3.8, 4) is 0 Å². The fourth-order valence-electron chi connectivity index (χ4n) is 6.39. The van der Waals surface area contributed by atoms with Crippen LogP contribution in [0.2, 0.25) is 0 Å². The molecule has 4 aliphatic rings. The molecule has 166 valence electrons. The number of rotatable bonds is 6. The summed E-state index contributed by atoms with van der Waals surface area (Å²) in [7, 11) is 1.58. The number of hydrogen-bond acceptors (Lipinski definition) is 6. The van der Waals surface area contributed by atoms with Crippen molar-refractivity contribution >= 4 is 6.09 Å². The van der Waals surface area contributed by atoms with Gasteiger partial charge in [-0.05, 0) is 82.8 Å². The zero-order chi connectivity index (χ0) is 20.4. The zero-order valence-corrected chi connectivity index (χ0v) is 18.2. The Bertz CT molecular complexity index is 560.